The number of rotatable bonds is 6. The summed E-state index contributed by atoms with van der Waals surface area (Å²) in [6.45, 7) is 2.85. The molecule has 1 aromatic rings. The van der Waals surface area contributed by atoms with Crippen molar-refractivity contribution in [3.05, 3.63) is 34.4 Å². The van der Waals surface area contributed by atoms with Crippen molar-refractivity contribution in [1.29, 1.82) is 0 Å². The number of fused-ring (bicyclic) bond motifs is 1. The summed E-state index contributed by atoms with van der Waals surface area (Å²) in [4.78, 5) is 39.9. The van der Waals surface area contributed by atoms with Gasteiger partial charge in [-0.1, -0.05) is 11.8 Å². The average molecular weight is 420 g/mol. The van der Waals surface area contributed by atoms with Crippen LogP contribution in [0.2, 0.25) is 0 Å². The Morgan fingerprint density at radius 1 is 1.17 bits per heavy atom. The second kappa shape index (κ2) is 9.21. The Morgan fingerprint density at radius 2 is 1.86 bits per heavy atom. The van der Waals surface area contributed by atoms with E-state index in [9.17, 15) is 14.4 Å². The van der Waals surface area contributed by atoms with Crippen LogP contribution in [0.3, 0.4) is 0 Å². The van der Waals surface area contributed by atoms with Gasteiger partial charge in [-0.3, -0.25) is 14.5 Å². The molecule has 3 rings (SSSR count). The molecule has 2 aliphatic heterocycles. The molecule has 1 fully saturated rings. The quantitative estimate of drug-likeness (QED) is 0.510. The van der Waals surface area contributed by atoms with Gasteiger partial charge in [-0.2, -0.15) is 0 Å². The van der Waals surface area contributed by atoms with Gasteiger partial charge in [-0.15, -0.1) is 0 Å². The second-order valence-corrected chi connectivity index (χ2v) is 7.54. The number of ether oxygens (including phenoxy) is 3. The number of carbonyl (C=O) groups is 3. The Hall–Kier alpha value is -2.68. The molecule has 0 aromatic heterocycles. The maximum absolute atomic E-state index is 12.9. The SMILES string of the molecule is CCOC(=O)/C=C1\SCC(=O)N1CC(=O)N1CCc2cc(OC)c(OC)cc2C1. The zero-order valence-corrected chi connectivity index (χ0v) is 17.5. The molecule has 8 nitrogen and oxygen atoms in total. The first-order chi connectivity index (χ1) is 14.0. The van der Waals surface area contributed by atoms with E-state index in [1.54, 1.807) is 26.0 Å². The van der Waals surface area contributed by atoms with E-state index < -0.39 is 5.97 Å². The molecule has 0 unspecified atom stereocenters. The molecule has 9 heteroatoms. The van der Waals surface area contributed by atoms with Crippen molar-refractivity contribution in [3.8, 4) is 11.5 Å². The molecule has 0 atom stereocenters. The number of hydrogen-bond donors (Lipinski definition) is 0. The molecule has 1 aromatic carbocycles. The van der Waals surface area contributed by atoms with Crippen LogP contribution in [0.15, 0.2) is 23.2 Å². The standard InChI is InChI=1S/C20H24N2O6S/c1-4-28-20(25)9-19-22(18(24)12-29-19)11-17(23)21-6-5-13-7-15(26-2)16(27-3)8-14(13)10-21/h7-9H,4-6,10-12H2,1-3H3/b19-9-. The maximum Gasteiger partial charge on any atom is 0.333 e. The van der Waals surface area contributed by atoms with Crippen molar-refractivity contribution in [2.75, 3.05) is 39.7 Å². The van der Waals surface area contributed by atoms with Crippen LogP contribution >= 0.6 is 11.8 Å². The van der Waals surface area contributed by atoms with Crippen molar-refractivity contribution in [2.45, 2.75) is 19.9 Å². The largest absolute Gasteiger partial charge is 0.493 e. The number of amides is 2. The van der Waals surface area contributed by atoms with Crippen LogP contribution < -0.4 is 9.47 Å². The van der Waals surface area contributed by atoms with E-state index in [1.165, 1.54) is 22.7 Å². The number of thioether (sulfide) groups is 1. The van der Waals surface area contributed by atoms with E-state index in [0.717, 1.165) is 11.1 Å². The molecule has 1 saturated heterocycles. The third kappa shape index (κ3) is 4.67. The first-order valence-corrected chi connectivity index (χ1v) is 10.3. The minimum atomic E-state index is -0.518. The second-order valence-electron chi connectivity index (χ2n) is 6.54. The third-order valence-corrected chi connectivity index (χ3v) is 5.83. The fraction of sp³-hybridized carbons (Fsp3) is 0.450. The first-order valence-electron chi connectivity index (χ1n) is 9.30. The van der Waals surface area contributed by atoms with Gasteiger partial charge in [0.25, 0.3) is 0 Å². The Balaban J connectivity index is 1.71. The van der Waals surface area contributed by atoms with E-state index in [2.05, 4.69) is 0 Å². The maximum atomic E-state index is 12.9. The van der Waals surface area contributed by atoms with Gasteiger partial charge in [0.15, 0.2) is 11.5 Å². The highest BCUT2D eigenvalue weighted by Crippen LogP contribution is 2.34. The highest BCUT2D eigenvalue weighted by atomic mass is 32.2. The van der Waals surface area contributed by atoms with E-state index in [1.807, 2.05) is 12.1 Å². The lowest BCUT2D eigenvalue weighted by atomic mass is 9.98. The Morgan fingerprint density at radius 3 is 2.52 bits per heavy atom. The number of esters is 1. The van der Waals surface area contributed by atoms with Gasteiger partial charge in [0.05, 0.1) is 37.7 Å². The van der Waals surface area contributed by atoms with Crippen molar-refractivity contribution in [2.24, 2.45) is 0 Å². The van der Waals surface area contributed by atoms with Crippen molar-refractivity contribution in [3.63, 3.8) is 0 Å². The zero-order chi connectivity index (χ0) is 21.0. The molecule has 0 bridgehead atoms. The van der Waals surface area contributed by atoms with Crippen molar-refractivity contribution < 1.29 is 28.6 Å². The molecular weight excluding hydrogens is 396 g/mol. The van der Waals surface area contributed by atoms with Gasteiger partial charge >= 0.3 is 5.97 Å². The summed E-state index contributed by atoms with van der Waals surface area (Å²) in [5, 5.41) is 0.450. The molecule has 2 aliphatic rings. The van der Waals surface area contributed by atoms with Crippen LogP contribution in [0, 0.1) is 0 Å². The van der Waals surface area contributed by atoms with Crippen LogP contribution in [0.5, 0.6) is 11.5 Å². The van der Waals surface area contributed by atoms with E-state index >= 15 is 0 Å². The van der Waals surface area contributed by atoms with E-state index in [4.69, 9.17) is 14.2 Å². The molecule has 0 aliphatic carbocycles. The summed E-state index contributed by atoms with van der Waals surface area (Å²) in [6.07, 6.45) is 1.96. The molecule has 2 amide bonds. The molecular formula is C20H24N2O6S. The predicted molar refractivity (Wildman–Crippen MR) is 108 cm³/mol. The highest BCUT2D eigenvalue weighted by molar-refractivity contribution is 8.04. The Bertz CT molecular complexity index is 854. The smallest absolute Gasteiger partial charge is 0.333 e. The molecule has 156 valence electrons. The lowest BCUT2D eigenvalue weighted by Gasteiger charge is -2.31. The fourth-order valence-corrected chi connectivity index (χ4v) is 4.25. The average Bonchev–Trinajstić information content (AvgIpc) is 3.05. The lowest BCUT2D eigenvalue weighted by Crippen LogP contribution is -2.43. The number of methoxy groups -OCH3 is 2. The minimum absolute atomic E-state index is 0.0975. The van der Waals surface area contributed by atoms with Gasteiger partial charge in [0.2, 0.25) is 11.8 Å². The molecule has 0 radical (unpaired) electrons. The Kier molecular flexibility index (Phi) is 6.68. The van der Waals surface area contributed by atoms with E-state index in [0.29, 0.717) is 36.0 Å². The van der Waals surface area contributed by atoms with Gasteiger partial charge in [0.1, 0.15) is 6.54 Å². The normalized spacial score (nSPS) is 17.3. The van der Waals surface area contributed by atoms with Crippen LogP contribution in [-0.2, 0) is 32.1 Å². The van der Waals surface area contributed by atoms with Gasteiger partial charge in [0, 0.05) is 13.1 Å². The lowest BCUT2D eigenvalue weighted by molar-refractivity contribution is -0.138. The van der Waals surface area contributed by atoms with Crippen LogP contribution in [-0.4, -0.2) is 67.3 Å². The Labute approximate surface area is 173 Å². The zero-order valence-electron chi connectivity index (χ0n) is 16.7. The third-order valence-electron chi connectivity index (χ3n) is 4.80. The molecule has 2 heterocycles. The predicted octanol–water partition coefficient (Wildman–Crippen LogP) is 1.57. The number of benzene rings is 1. The van der Waals surface area contributed by atoms with Gasteiger partial charge in [-0.25, -0.2) is 4.79 Å². The first kappa shape index (κ1) is 21.0. The summed E-state index contributed by atoms with van der Waals surface area (Å²) in [5.74, 6) is 0.609. The molecule has 0 spiro atoms. The molecule has 0 N–H and O–H groups in total. The van der Waals surface area contributed by atoms with Crippen LogP contribution in [0.25, 0.3) is 0 Å². The van der Waals surface area contributed by atoms with Crippen LogP contribution in [0.4, 0.5) is 0 Å². The van der Waals surface area contributed by atoms with Crippen molar-refractivity contribution in [1.82, 2.24) is 9.80 Å². The summed E-state index contributed by atoms with van der Waals surface area (Å²) >= 11 is 1.23. The summed E-state index contributed by atoms with van der Waals surface area (Å²) in [7, 11) is 3.17. The number of hydrogen-bond acceptors (Lipinski definition) is 7. The molecule has 0 saturated carbocycles. The minimum Gasteiger partial charge on any atom is -0.493 e. The van der Waals surface area contributed by atoms with Crippen molar-refractivity contribution >= 4 is 29.5 Å². The van der Waals surface area contributed by atoms with E-state index in [-0.39, 0.29) is 30.7 Å². The van der Waals surface area contributed by atoms with Gasteiger partial charge < -0.3 is 19.1 Å². The van der Waals surface area contributed by atoms with Gasteiger partial charge in [-0.05, 0) is 36.6 Å². The van der Waals surface area contributed by atoms with Crippen LogP contribution in [0.1, 0.15) is 18.1 Å². The monoisotopic (exact) mass is 420 g/mol. The summed E-state index contributed by atoms with van der Waals surface area (Å²) in [6, 6.07) is 3.83. The number of carbonyl (C=O) groups excluding carboxylic acids is 3. The topological polar surface area (TPSA) is 85.4 Å². The fourth-order valence-electron chi connectivity index (χ4n) is 3.32. The molecule has 29 heavy (non-hydrogen) atoms. The number of nitrogens with zero attached hydrogens (tertiary/aromatic N) is 2. The highest BCUT2D eigenvalue weighted by Gasteiger charge is 2.32. The summed E-state index contributed by atoms with van der Waals surface area (Å²) < 4.78 is 15.6. The summed E-state index contributed by atoms with van der Waals surface area (Å²) in [5.41, 5.74) is 2.11.